The molecule has 0 aromatic heterocycles. The van der Waals surface area contributed by atoms with Gasteiger partial charge in [-0.1, -0.05) is 11.1 Å². The maximum atomic E-state index is 11.7. The third-order valence-corrected chi connectivity index (χ3v) is 8.78. The van der Waals surface area contributed by atoms with Gasteiger partial charge >= 0.3 is 5.97 Å². The zero-order valence-corrected chi connectivity index (χ0v) is 14.9. The molecule has 0 amide bonds. The molecular weight excluding hydrogens is 296 g/mol. The van der Waals surface area contributed by atoms with E-state index in [1.165, 1.54) is 57.8 Å². The Hall–Kier alpha value is -0.790. The van der Waals surface area contributed by atoms with Crippen molar-refractivity contribution in [2.75, 3.05) is 0 Å². The van der Waals surface area contributed by atoms with E-state index in [0.717, 1.165) is 35.5 Å². The van der Waals surface area contributed by atoms with Gasteiger partial charge in [0.25, 0.3) is 0 Å². The van der Waals surface area contributed by atoms with Gasteiger partial charge in [-0.15, -0.1) is 0 Å². The van der Waals surface area contributed by atoms with E-state index >= 15 is 0 Å². The number of hydrogen-bond donors (Lipinski definition) is 0. The van der Waals surface area contributed by atoms with Crippen LogP contribution in [0.15, 0.2) is 11.1 Å². The Morgan fingerprint density at radius 3 is 1.96 bits per heavy atom. The van der Waals surface area contributed by atoms with E-state index in [0.29, 0.717) is 11.8 Å². The molecule has 8 aliphatic carbocycles. The lowest BCUT2D eigenvalue weighted by molar-refractivity contribution is -0.162. The number of esters is 1. The highest BCUT2D eigenvalue weighted by molar-refractivity contribution is 5.66. The van der Waals surface area contributed by atoms with Crippen LogP contribution in [0.4, 0.5) is 0 Å². The van der Waals surface area contributed by atoms with Crippen molar-refractivity contribution >= 4 is 5.97 Å². The van der Waals surface area contributed by atoms with Crippen molar-refractivity contribution in [3.8, 4) is 0 Å². The highest BCUT2D eigenvalue weighted by Gasteiger charge is 2.55. The Morgan fingerprint density at radius 2 is 1.33 bits per heavy atom. The molecule has 0 aromatic rings. The van der Waals surface area contributed by atoms with Crippen molar-refractivity contribution in [1.82, 2.24) is 0 Å². The number of carbonyl (C=O) groups is 1. The van der Waals surface area contributed by atoms with Gasteiger partial charge < -0.3 is 4.74 Å². The van der Waals surface area contributed by atoms with Crippen LogP contribution < -0.4 is 0 Å². The fraction of sp³-hybridized carbons (Fsp3) is 0.864. The largest absolute Gasteiger partial charge is 0.462 e. The second-order valence-electron chi connectivity index (χ2n) is 10.2. The minimum atomic E-state index is -0.0538. The molecule has 8 rings (SSSR count). The van der Waals surface area contributed by atoms with Crippen LogP contribution in [0.3, 0.4) is 0 Å². The summed E-state index contributed by atoms with van der Waals surface area (Å²) in [5.74, 6) is 6.88. The van der Waals surface area contributed by atoms with E-state index in [1.54, 1.807) is 6.92 Å². The van der Waals surface area contributed by atoms with Gasteiger partial charge in [0.15, 0.2) is 0 Å². The lowest BCUT2D eigenvalue weighted by Crippen LogP contribution is -2.53. The van der Waals surface area contributed by atoms with Crippen LogP contribution in [-0.4, -0.2) is 12.1 Å². The Kier molecular flexibility index (Phi) is 2.93. The predicted molar refractivity (Wildman–Crippen MR) is 92.1 cm³/mol. The summed E-state index contributed by atoms with van der Waals surface area (Å²) < 4.78 is 5.93. The number of hydrogen-bond acceptors (Lipinski definition) is 2. The fourth-order valence-electron chi connectivity index (χ4n) is 8.61. The zero-order chi connectivity index (χ0) is 16.0. The molecule has 0 aromatic carbocycles. The molecule has 0 N–H and O–H groups in total. The number of ether oxygens (including phenoxy) is 1. The molecule has 8 aliphatic rings. The summed E-state index contributed by atoms with van der Waals surface area (Å²) >= 11 is 0. The average Bonchev–Trinajstić information content (AvgIpc) is 2.51. The first-order valence-electron chi connectivity index (χ1n) is 10.6. The summed E-state index contributed by atoms with van der Waals surface area (Å²) in [5, 5.41) is 0. The van der Waals surface area contributed by atoms with E-state index < -0.39 is 0 Å². The van der Waals surface area contributed by atoms with Crippen molar-refractivity contribution < 1.29 is 9.53 Å². The van der Waals surface area contributed by atoms with Crippen molar-refractivity contribution in [2.45, 2.75) is 70.8 Å². The van der Waals surface area contributed by atoms with E-state index in [9.17, 15) is 4.79 Å². The smallest absolute Gasteiger partial charge is 0.302 e. The molecule has 0 radical (unpaired) electrons. The normalized spacial score (nSPS) is 53.8. The Bertz CT molecular complexity index is 587. The molecule has 0 spiro atoms. The standard InChI is InChI=1S/C22H30O2/c1-11(23)24-22-18-8-14-7-17(10-18)21(19(22)9-14)20-15-3-12-2-13(5-15)6-16(20)4-12/h12-19,22H,2-10H2,1H3/t12?,13?,14-,15?,16?,17-,18+,19+,22-/m0/s1. The maximum Gasteiger partial charge on any atom is 0.302 e. The number of carbonyl (C=O) groups excluding carboxylic acids is 1. The minimum absolute atomic E-state index is 0.0538. The van der Waals surface area contributed by atoms with Crippen LogP contribution >= 0.6 is 0 Å². The Balaban J connectivity index is 1.42. The predicted octanol–water partition coefficient (Wildman–Crippen LogP) is 4.74. The first-order valence-corrected chi connectivity index (χ1v) is 10.6. The molecular formula is C22H30O2. The number of rotatable bonds is 1. The van der Waals surface area contributed by atoms with Gasteiger partial charge in [0.05, 0.1) is 0 Å². The van der Waals surface area contributed by atoms with Crippen molar-refractivity contribution in [1.29, 1.82) is 0 Å². The Labute approximate surface area is 145 Å². The summed E-state index contributed by atoms with van der Waals surface area (Å²) in [7, 11) is 0. The van der Waals surface area contributed by atoms with Gasteiger partial charge in [0, 0.05) is 12.8 Å². The van der Waals surface area contributed by atoms with Crippen LogP contribution in [0.25, 0.3) is 0 Å². The second-order valence-corrected chi connectivity index (χ2v) is 10.2. The molecule has 8 fully saturated rings. The molecule has 8 bridgehead atoms. The van der Waals surface area contributed by atoms with Crippen LogP contribution in [0.2, 0.25) is 0 Å². The van der Waals surface area contributed by atoms with Gasteiger partial charge in [-0.25, -0.2) is 0 Å². The van der Waals surface area contributed by atoms with E-state index in [2.05, 4.69) is 0 Å². The average molecular weight is 326 g/mol. The van der Waals surface area contributed by atoms with Crippen LogP contribution in [0.1, 0.15) is 64.7 Å². The van der Waals surface area contributed by atoms with Gasteiger partial charge in [-0.2, -0.15) is 0 Å². The summed E-state index contributed by atoms with van der Waals surface area (Å²) in [5.41, 5.74) is 3.77. The molecule has 8 saturated carbocycles. The topological polar surface area (TPSA) is 26.3 Å². The molecule has 0 aliphatic heterocycles. The molecule has 2 heteroatoms. The fourth-order valence-corrected chi connectivity index (χ4v) is 8.61. The van der Waals surface area contributed by atoms with Gasteiger partial charge in [0.2, 0.25) is 0 Å². The first kappa shape index (κ1) is 14.4. The zero-order valence-electron chi connectivity index (χ0n) is 14.9. The van der Waals surface area contributed by atoms with Crippen molar-refractivity contribution in [2.24, 2.45) is 47.3 Å². The van der Waals surface area contributed by atoms with Crippen LogP contribution in [-0.2, 0) is 9.53 Å². The minimum Gasteiger partial charge on any atom is -0.462 e. The SMILES string of the molecule is CC(=O)O[C@H]1[C@@H]2C[C@@H]3C[C@@H](C2)C(=C2C4CC5CC(C4)CC2C5)[C@H]1C3. The van der Waals surface area contributed by atoms with Gasteiger partial charge in [0.1, 0.15) is 6.10 Å². The summed E-state index contributed by atoms with van der Waals surface area (Å²) in [6.07, 6.45) is 13.1. The third kappa shape index (κ3) is 1.92. The monoisotopic (exact) mass is 326 g/mol. The first-order chi connectivity index (χ1) is 11.7. The lowest BCUT2D eigenvalue weighted by atomic mass is 9.47. The molecule has 2 nitrogen and oxygen atoms in total. The highest BCUT2D eigenvalue weighted by Crippen LogP contribution is 2.63. The lowest BCUT2D eigenvalue weighted by Gasteiger charge is -2.59. The van der Waals surface area contributed by atoms with Crippen molar-refractivity contribution in [3.05, 3.63) is 11.1 Å². The molecule has 0 saturated heterocycles. The maximum absolute atomic E-state index is 11.7. The highest BCUT2D eigenvalue weighted by atomic mass is 16.5. The van der Waals surface area contributed by atoms with Gasteiger partial charge in [-0.05, 0) is 99.2 Å². The van der Waals surface area contributed by atoms with Crippen LogP contribution in [0, 0.1) is 47.3 Å². The number of allylic oxidation sites excluding steroid dienone is 1. The van der Waals surface area contributed by atoms with E-state index in [1.807, 2.05) is 11.1 Å². The molecule has 0 heterocycles. The van der Waals surface area contributed by atoms with E-state index in [4.69, 9.17) is 4.74 Å². The molecule has 0 unspecified atom stereocenters. The van der Waals surface area contributed by atoms with Crippen LogP contribution in [0.5, 0.6) is 0 Å². The van der Waals surface area contributed by atoms with E-state index in [-0.39, 0.29) is 12.1 Å². The van der Waals surface area contributed by atoms with Gasteiger partial charge in [-0.3, -0.25) is 4.79 Å². The van der Waals surface area contributed by atoms with Crippen molar-refractivity contribution in [3.63, 3.8) is 0 Å². The molecule has 5 atom stereocenters. The third-order valence-electron chi connectivity index (χ3n) is 8.78. The Morgan fingerprint density at radius 1 is 0.750 bits per heavy atom. The quantitative estimate of drug-likeness (QED) is 0.514. The summed E-state index contributed by atoms with van der Waals surface area (Å²) in [6.45, 7) is 1.61. The second kappa shape index (κ2) is 4.89. The molecule has 24 heavy (non-hydrogen) atoms. The summed E-state index contributed by atoms with van der Waals surface area (Å²) in [4.78, 5) is 11.7. The summed E-state index contributed by atoms with van der Waals surface area (Å²) in [6, 6.07) is 0. The molecule has 130 valence electrons.